The van der Waals surface area contributed by atoms with Crippen LogP contribution in [0.4, 0.5) is 0 Å². The van der Waals surface area contributed by atoms with E-state index in [2.05, 4.69) is 15.7 Å². The summed E-state index contributed by atoms with van der Waals surface area (Å²) in [6, 6.07) is 9.73. The number of nitrogens with zero attached hydrogens (tertiary/aromatic N) is 4. The molecule has 0 unspecified atom stereocenters. The predicted octanol–water partition coefficient (Wildman–Crippen LogP) is 3.92. The third kappa shape index (κ3) is 10.1. The maximum atomic E-state index is 13.7. The van der Waals surface area contributed by atoms with Gasteiger partial charge in [-0.05, 0) is 36.7 Å². The van der Waals surface area contributed by atoms with Gasteiger partial charge >= 0.3 is 0 Å². The zero-order valence-corrected chi connectivity index (χ0v) is 23.3. The molecular weight excluding hydrogens is 496 g/mol. The van der Waals surface area contributed by atoms with Gasteiger partial charge in [0.2, 0.25) is 11.8 Å². The molecule has 1 aliphatic carbocycles. The highest BCUT2D eigenvalue weighted by molar-refractivity contribution is 5.88. The molecule has 10 nitrogen and oxygen atoms in total. The molecule has 1 aromatic carbocycles. The van der Waals surface area contributed by atoms with E-state index >= 15 is 0 Å². The van der Waals surface area contributed by atoms with Gasteiger partial charge < -0.3 is 0 Å². The lowest BCUT2D eigenvalue weighted by atomic mass is 9.79. The van der Waals surface area contributed by atoms with Gasteiger partial charge in [-0.2, -0.15) is 0 Å². The lowest BCUT2D eigenvalue weighted by Gasteiger charge is -2.30. The van der Waals surface area contributed by atoms with Crippen molar-refractivity contribution in [1.29, 1.82) is 0 Å². The lowest BCUT2D eigenvalue weighted by Crippen LogP contribution is -2.52. The molecule has 3 N–H and O–H groups in total. The van der Waals surface area contributed by atoms with Crippen LogP contribution in [0.1, 0.15) is 77.2 Å². The summed E-state index contributed by atoms with van der Waals surface area (Å²) in [7, 11) is 0. The first kappa shape index (κ1) is 30.3. The number of carbonyl (C=O) groups excluding carboxylic acids is 3. The van der Waals surface area contributed by atoms with Crippen molar-refractivity contribution in [2.24, 2.45) is 23.7 Å². The quantitative estimate of drug-likeness (QED) is 0.246. The summed E-state index contributed by atoms with van der Waals surface area (Å²) in [5, 5.41) is 18.5. The average molecular weight is 541 g/mol. The summed E-state index contributed by atoms with van der Waals surface area (Å²) >= 11 is 0. The zero-order valence-electron chi connectivity index (χ0n) is 23.3. The van der Waals surface area contributed by atoms with Gasteiger partial charge in [0, 0.05) is 12.7 Å². The molecule has 1 fully saturated rings. The molecule has 1 aromatic heterocycles. The molecular formula is C29H44N6O4. The van der Waals surface area contributed by atoms with E-state index in [4.69, 9.17) is 0 Å². The predicted molar refractivity (Wildman–Crippen MR) is 147 cm³/mol. The summed E-state index contributed by atoms with van der Waals surface area (Å²) in [5.74, 6) is -1.87. The first-order chi connectivity index (χ1) is 18.9. The van der Waals surface area contributed by atoms with Gasteiger partial charge in [-0.15, -0.1) is 5.10 Å². The van der Waals surface area contributed by atoms with Gasteiger partial charge in [-0.3, -0.25) is 30.0 Å². The third-order valence-electron chi connectivity index (χ3n) is 7.63. The number of hydrogen-bond donors (Lipinski definition) is 3. The minimum atomic E-state index is -0.693. The smallest absolute Gasteiger partial charge is 0.262 e. The number of amides is 3. The lowest BCUT2D eigenvalue weighted by molar-refractivity contribution is -0.148. The number of hydroxylamine groups is 1. The van der Waals surface area contributed by atoms with E-state index in [1.165, 1.54) is 48.0 Å². The Balaban J connectivity index is 1.73. The van der Waals surface area contributed by atoms with Gasteiger partial charge in [-0.25, -0.2) is 10.2 Å². The van der Waals surface area contributed by atoms with Crippen molar-refractivity contribution in [3.8, 4) is 0 Å². The SMILES string of the molecule is CC(C)C[C@@H](C(=O)NN(CCc1ccccc1)C(=O)Cn1ccnn1)[C@H](CCCC1CCCCC1)C(=O)NO. The van der Waals surface area contributed by atoms with E-state index in [1.807, 2.05) is 44.2 Å². The topological polar surface area (TPSA) is 129 Å². The van der Waals surface area contributed by atoms with Crippen molar-refractivity contribution in [2.45, 2.75) is 84.6 Å². The maximum Gasteiger partial charge on any atom is 0.262 e. The third-order valence-corrected chi connectivity index (χ3v) is 7.63. The first-order valence-electron chi connectivity index (χ1n) is 14.3. The Morgan fingerprint density at radius 1 is 1.08 bits per heavy atom. The number of aromatic nitrogens is 3. The van der Waals surface area contributed by atoms with Gasteiger partial charge in [0.15, 0.2) is 0 Å². The van der Waals surface area contributed by atoms with Crippen LogP contribution in [0.25, 0.3) is 0 Å². The second kappa shape index (κ2) is 16.0. The monoisotopic (exact) mass is 540 g/mol. The van der Waals surface area contributed by atoms with Crippen LogP contribution in [0.2, 0.25) is 0 Å². The van der Waals surface area contributed by atoms with E-state index in [1.54, 1.807) is 11.7 Å². The number of hydrazine groups is 1. The molecule has 1 saturated carbocycles. The Morgan fingerprint density at radius 2 is 1.82 bits per heavy atom. The van der Waals surface area contributed by atoms with Crippen LogP contribution in [-0.4, -0.2) is 49.5 Å². The summed E-state index contributed by atoms with van der Waals surface area (Å²) < 4.78 is 1.41. The van der Waals surface area contributed by atoms with Crippen LogP contribution in [0.15, 0.2) is 42.7 Å². The van der Waals surface area contributed by atoms with E-state index in [-0.39, 0.29) is 24.9 Å². The van der Waals surface area contributed by atoms with Crippen molar-refractivity contribution in [3.63, 3.8) is 0 Å². The summed E-state index contributed by atoms with van der Waals surface area (Å²) in [4.78, 5) is 39.8. The molecule has 1 heterocycles. The second-order valence-corrected chi connectivity index (χ2v) is 11.1. The molecule has 2 aromatic rings. The molecule has 214 valence electrons. The van der Waals surface area contributed by atoms with Crippen LogP contribution in [0.5, 0.6) is 0 Å². The minimum absolute atomic E-state index is 0.0775. The van der Waals surface area contributed by atoms with Crippen molar-refractivity contribution >= 4 is 17.7 Å². The van der Waals surface area contributed by atoms with Gasteiger partial charge in [-0.1, -0.05) is 94.3 Å². The normalized spacial score (nSPS) is 15.5. The fourth-order valence-corrected chi connectivity index (χ4v) is 5.55. The second-order valence-electron chi connectivity index (χ2n) is 11.1. The molecule has 1 aliphatic rings. The van der Waals surface area contributed by atoms with Crippen LogP contribution in [0.3, 0.4) is 0 Å². The van der Waals surface area contributed by atoms with E-state index in [9.17, 15) is 19.6 Å². The van der Waals surface area contributed by atoms with Crippen molar-refractivity contribution < 1.29 is 19.6 Å². The highest BCUT2D eigenvalue weighted by atomic mass is 16.5. The van der Waals surface area contributed by atoms with Crippen LogP contribution in [0, 0.1) is 23.7 Å². The molecule has 0 bridgehead atoms. The highest BCUT2D eigenvalue weighted by Gasteiger charge is 2.35. The fraction of sp³-hybridized carbons (Fsp3) is 0.621. The molecule has 2 atom stereocenters. The average Bonchev–Trinajstić information content (AvgIpc) is 3.46. The van der Waals surface area contributed by atoms with Gasteiger partial charge in [0.25, 0.3) is 5.91 Å². The standard InChI is InChI=1S/C29H44N6O4/c1-22(2)20-26(25(29(38)32-39)15-9-14-23-10-5-3-6-11-23)28(37)31-35(18-16-24-12-7-4-8-13-24)27(36)21-34-19-17-30-33-34/h4,7-8,12-13,17,19,22-23,25-26,39H,3,5-6,9-11,14-16,18,20-21H2,1-2H3,(H,31,37)(H,32,38)/t25-,26+/m0/s1. The first-order valence-corrected chi connectivity index (χ1v) is 14.3. The summed E-state index contributed by atoms with van der Waals surface area (Å²) in [5.41, 5.74) is 5.65. The molecule has 39 heavy (non-hydrogen) atoms. The van der Waals surface area contributed by atoms with Crippen LogP contribution >= 0.6 is 0 Å². The number of rotatable bonds is 14. The van der Waals surface area contributed by atoms with Crippen LogP contribution in [-0.2, 0) is 27.3 Å². The van der Waals surface area contributed by atoms with E-state index < -0.39 is 23.7 Å². The number of benzene rings is 1. The number of hydrogen-bond acceptors (Lipinski definition) is 6. The van der Waals surface area contributed by atoms with Crippen LogP contribution < -0.4 is 10.9 Å². The number of nitrogens with one attached hydrogen (secondary N) is 2. The van der Waals surface area contributed by atoms with Crippen molar-refractivity contribution in [2.75, 3.05) is 6.54 Å². The zero-order chi connectivity index (χ0) is 28.0. The maximum absolute atomic E-state index is 13.7. The molecule has 3 amide bonds. The molecule has 10 heteroatoms. The Morgan fingerprint density at radius 3 is 2.46 bits per heavy atom. The Hall–Kier alpha value is -3.27. The van der Waals surface area contributed by atoms with Crippen molar-refractivity contribution in [1.82, 2.24) is 30.9 Å². The number of carbonyl (C=O) groups is 3. The molecule has 3 rings (SSSR count). The minimum Gasteiger partial charge on any atom is -0.289 e. The van der Waals surface area contributed by atoms with E-state index in [0.29, 0.717) is 25.2 Å². The highest BCUT2D eigenvalue weighted by Crippen LogP contribution is 2.31. The van der Waals surface area contributed by atoms with Gasteiger partial charge in [0.05, 0.1) is 18.0 Å². The summed E-state index contributed by atoms with van der Waals surface area (Å²) in [6.45, 7) is 4.18. The molecule has 0 aliphatic heterocycles. The molecule has 0 spiro atoms. The molecule has 0 radical (unpaired) electrons. The fourth-order valence-electron chi connectivity index (χ4n) is 5.55. The van der Waals surface area contributed by atoms with Gasteiger partial charge in [0.1, 0.15) is 6.54 Å². The Kier molecular flexibility index (Phi) is 12.4. The van der Waals surface area contributed by atoms with Crippen molar-refractivity contribution in [3.05, 3.63) is 48.3 Å². The summed E-state index contributed by atoms with van der Waals surface area (Å²) in [6.07, 6.45) is 12.7. The Labute approximate surface area is 231 Å². The molecule has 0 saturated heterocycles. The van der Waals surface area contributed by atoms with E-state index in [0.717, 1.165) is 18.4 Å². The Bertz CT molecular complexity index is 1010. The largest absolute Gasteiger partial charge is 0.289 e.